The smallest absolute Gasteiger partial charge is 0.250 e. The number of nitrogens with zero attached hydrogens (tertiary/aromatic N) is 4. The maximum absolute atomic E-state index is 12.4. The van der Waals surface area contributed by atoms with E-state index in [4.69, 9.17) is 16.3 Å². The van der Waals surface area contributed by atoms with Crippen molar-refractivity contribution in [1.29, 1.82) is 0 Å². The van der Waals surface area contributed by atoms with Gasteiger partial charge < -0.3 is 4.74 Å². The maximum atomic E-state index is 12.4. The highest BCUT2D eigenvalue weighted by atomic mass is 35.5. The monoisotopic (exact) mass is 537 g/mol. The van der Waals surface area contributed by atoms with Crippen LogP contribution in [0.25, 0.3) is 17.1 Å². The largest absolute Gasteiger partial charge is 0.494 e. The first-order chi connectivity index (χ1) is 17.6. The van der Waals surface area contributed by atoms with Gasteiger partial charge in [0.15, 0.2) is 11.0 Å². The maximum Gasteiger partial charge on any atom is 0.250 e. The van der Waals surface area contributed by atoms with Crippen LogP contribution in [0.3, 0.4) is 0 Å². The van der Waals surface area contributed by atoms with Crippen LogP contribution in [0.15, 0.2) is 87.9 Å². The van der Waals surface area contributed by atoms with E-state index in [9.17, 15) is 4.79 Å². The quantitative estimate of drug-likeness (QED) is 0.153. The molecule has 36 heavy (non-hydrogen) atoms. The molecule has 1 N–H and O–H groups in total. The van der Waals surface area contributed by atoms with Crippen LogP contribution in [0, 0.1) is 0 Å². The number of hydrogen-bond acceptors (Lipinski definition) is 7. The van der Waals surface area contributed by atoms with Crippen LogP contribution in [0.5, 0.6) is 5.75 Å². The third kappa shape index (κ3) is 6.69. The van der Waals surface area contributed by atoms with Crippen molar-refractivity contribution < 1.29 is 9.53 Å². The second kappa shape index (κ2) is 12.6. The van der Waals surface area contributed by atoms with Gasteiger partial charge in [0.2, 0.25) is 0 Å². The molecule has 4 aromatic rings. The average Bonchev–Trinajstić information content (AvgIpc) is 3.33. The number of nitrogens with one attached hydrogen (secondary N) is 1. The number of hydrazone groups is 1. The van der Waals surface area contributed by atoms with Crippen LogP contribution >= 0.6 is 35.1 Å². The molecule has 0 saturated carbocycles. The zero-order valence-electron chi connectivity index (χ0n) is 19.7. The number of ether oxygens (including phenoxy) is 1. The zero-order chi connectivity index (χ0) is 25.3. The predicted molar refractivity (Wildman–Crippen MR) is 148 cm³/mol. The first-order valence-electron chi connectivity index (χ1n) is 11.1. The van der Waals surface area contributed by atoms with Gasteiger partial charge in [-0.1, -0.05) is 35.5 Å². The molecule has 1 aromatic heterocycles. The lowest BCUT2D eigenvalue weighted by molar-refractivity contribution is -0.118. The van der Waals surface area contributed by atoms with E-state index in [1.807, 2.05) is 78.4 Å². The number of benzene rings is 3. The lowest BCUT2D eigenvalue weighted by Crippen LogP contribution is -2.20. The van der Waals surface area contributed by atoms with Crippen LogP contribution < -0.4 is 10.2 Å². The Hall–Kier alpha value is -3.27. The SMILES string of the molecule is CCOc1ccc(-n2c(SCC(=O)N/N=C\c3ccc(SC)cc3)nnc2-c2ccc(Cl)cc2)cc1. The number of rotatable bonds is 10. The van der Waals surface area contributed by atoms with Crippen LogP contribution in [0.1, 0.15) is 12.5 Å². The molecular formula is C26H24ClN5O2S2. The van der Waals surface area contributed by atoms with Crippen LogP contribution in [-0.2, 0) is 4.79 Å². The molecule has 1 amide bonds. The predicted octanol–water partition coefficient (Wildman–Crippen LogP) is 5.95. The van der Waals surface area contributed by atoms with E-state index < -0.39 is 0 Å². The molecule has 0 atom stereocenters. The van der Waals surface area contributed by atoms with Gasteiger partial charge in [0, 0.05) is 21.2 Å². The van der Waals surface area contributed by atoms with Crippen molar-refractivity contribution in [2.75, 3.05) is 18.6 Å². The van der Waals surface area contributed by atoms with Gasteiger partial charge in [-0.25, -0.2) is 5.43 Å². The standard InChI is InChI=1S/C26H24ClN5O2S2/c1-3-34-22-12-10-21(11-13-22)32-25(19-6-8-20(27)9-7-19)30-31-26(32)36-17-24(33)29-28-16-18-4-14-23(35-2)15-5-18/h4-16H,3,17H2,1-2H3,(H,29,33)/b28-16-. The molecule has 184 valence electrons. The molecule has 0 bridgehead atoms. The Labute approximate surface area is 223 Å². The fourth-order valence-electron chi connectivity index (χ4n) is 3.27. The molecule has 7 nitrogen and oxygen atoms in total. The minimum atomic E-state index is -0.244. The molecule has 0 unspecified atom stereocenters. The number of hydrogen-bond donors (Lipinski definition) is 1. The van der Waals surface area contributed by atoms with Gasteiger partial charge in [0.25, 0.3) is 5.91 Å². The fraction of sp³-hybridized carbons (Fsp3) is 0.154. The second-order valence-electron chi connectivity index (χ2n) is 7.43. The summed E-state index contributed by atoms with van der Waals surface area (Å²) in [5.74, 6) is 1.30. The van der Waals surface area contributed by atoms with E-state index in [2.05, 4.69) is 20.7 Å². The summed E-state index contributed by atoms with van der Waals surface area (Å²) in [6, 6.07) is 23.0. The highest BCUT2D eigenvalue weighted by molar-refractivity contribution is 7.99. The summed E-state index contributed by atoms with van der Waals surface area (Å²) < 4.78 is 7.48. The van der Waals surface area contributed by atoms with Gasteiger partial charge in [0.1, 0.15) is 5.75 Å². The number of halogens is 1. The third-order valence-electron chi connectivity index (χ3n) is 4.99. The number of thioether (sulfide) groups is 2. The highest BCUT2D eigenvalue weighted by Gasteiger charge is 2.17. The number of carbonyl (C=O) groups excluding carboxylic acids is 1. The number of carbonyl (C=O) groups is 1. The Morgan fingerprint density at radius 1 is 1.06 bits per heavy atom. The average molecular weight is 538 g/mol. The molecule has 10 heteroatoms. The molecule has 1 heterocycles. The molecule has 3 aromatic carbocycles. The normalized spacial score (nSPS) is 11.1. The van der Waals surface area contributed by atoms with Gasteiger partial charge >= 0.3 is 0 Å². The first kappa shape index (κ1) is 25.8. The Morgan fingerprint density at radius 2 is 1.78 bits per heavy atom. The minimum absolute atomic E-state index is 0.124. The lowest BCUT2D eigenvalue weighted by Gasteiger charge is -2.11. The summed E-state index contributed by atoms with van der Waals surface area (Å²) in [5, 5.41) is 14.0. The van der Waals surface area contributed by atoms with Crippen LogP contribution in [0.4, 0.5) is 0 Å². The van der Waals surface area contributed by atoms with Gasteiger partial charge in [0.05, 0.1) is 18.6 Å². The van der Waals surface area contributed by atoms with Gasteiger partial charge in [-0.2, -0.15) is 5.10 Å². The topological polar surface area (TPSA) is 81.4 Å². The van der Waals surface area contributed by atoms with E-state index >= 15 is 0 Å². The summed E-state index contributed by atoms with van der Waals surface area (Å²) in [6.45, 7) is 2.53. The molecule has 0 aliphatic carbocycles. The van der Waals surface area contributed by atoms with E-state index in [0.717, 1.165) is 22.6 Å². The molecule has 0 aliphatic rings. The Bertz CT molecular complexity index is 1320. The van der Waals surface area contributed by atoms with Crippen molar-refractivity contribution in [3.63, 3.8) is 0 Å². The van der Waals surface area contributed by atoms with E-state index in [1.54, 1.807) is 30.1 Å². The molecule has 0 spiro atoms. The van der Waals surface area contributed by atoms with Crippen molar-refractivity contribution in [2.24, 2.45) is 5.10 Å². The minimum Gasteiger partial charge on any atom is -0.494 e. The van der Waals surface area contributed by atoms with Crippen molar-refractivity contribution >= 4 is 47.2 Å². The Balaban J connectivity index is 1.50. The van der Waals surface area contributed by atoms with Crippen molar-refractivity contribution in [3.8, 4) is 22.8 Å². The van der Waals surface area contributed by atoms with E-state index in [-0.39, 0.29) is 11.7 Å². The van der Waals surface area contributed by atoms with E-state index in [1.165, 1.54) is 16.7 Å². The van der Waals surface area contributed by atoms with Crippen molar-refractivity contribution in [1.82, 2.24) is 20.2 Å². The number of aromatic nitrogens is 3. The zero-order valence-corrected chi connectivity index (χ0v) is 22.1. The second-order valence-corrected chi connectivity index (χ2v) is 9.69. The molecule has 4 rings (SSSR count). The summed E-state index contributed by atoms with van der Waals surface area (Å²) >= 11 is 9.02. The molecule has 0 aliphatic heterocycles. The van der Waals surface area contributed by atoms with E-state index in [0.29, 0.717) is 22.6 Å². The summed E-state index contributed by atoms with van der Waals surface area (Å²) in [6.07, 6.45) is 3.64. The highest BCUT2D eigenvalue weighted by Crippen LogP contribution is 2.29. The summed E-state index contributed by atoms with van der Waals surface area (Å²) in [5.41, 5.74) is 5.18. The Kier molecular flexibility index (Phi) is 9.05. The van der Waals surface area contributed by atoms with Crippen LogP contribution in [-0.4, -0.2) is 45.5 Å². The Morgan fingerprint density at radius 3 is 2.44 bits per heavy atom. The summed E-state index contributed by atoms with van der Waals surface area (Å²) in [7, 11) is 0. The van der Waals surface area contributed by atoms with Crippen LogP contribution in [0.2, 0.25) is 5.02 Å². The third-order valence-corrected chi connectivity index (χ3v) is 6.92. The molecule has 0 radical (unpaired) electrons. The van der Waals surface area contributed by atoms with Gasteiger partial charge in [-0.05, 0) is 79.4 Å². The first-order valence-corrected chi connectivity index (χ1v) is 13.7. The molecule has 0 fully saturated rings. The fourth-order valence-corrected chi connectivity index (χ4v) is 4.55. The molecule has 0 saturated heterocycles. The van der Waals surface area contributed by atoms with Gasteiger partial charge in [-0.15, -0.1) is 22.0 Å². The summed E-state index contributed by atoms with van der Waals surface area (Å²) in [4.78, 5) is 13.6. The van der Waals surface area contributed by atoms with Crippen molar-refractivity contribution in [2.45, 2.75) is 17.0 Å². The molecular weight excluding hydrogens is 514 g/mol. The van der Waals surface area contributed by atoms with Crippen molar-refractivity contribution in [3.05, 3.63) is 83.4 Å². The lowest BCUT2D eigenvalue weighted by atomic mass is 10.2. The number of amides is 1. The van der Waals surface area contributed by atoms with Gasteiger partial charge in [-0.3, -0.25) is 9.36 Å².